The summed E-state index contributed by atoms with van der Waals surface area (Å²) >= 11 is 0. The summed E-state index contributed by atoms with van der Waals surface area (Å²) in [6.07, 6.45) is 0. The Kier molecular flexibility index (Phi) is 6.48. The zero-order valence-electron chi connectivity index (χ0n) is 12.5. The van der Waals surface area contributed by atoms with Crippen LogP contribution in [-0.4, -0.2) is 51.1 Å². The molecule has 0 fully saturated rings. The predicted octanol–water partition coefficient (Wildman–Crippen LogP) is 2.18. The first-order valence-electron chi connectivity index (χ1n) is 6.60. The minimum absolute atomic E-state index is 0.0642. The van der Waals surface area contributed by atoms with E-state index in [0.29, 0.717) is 25.3 Å². The molecule has 0 aliphatic heterocycles. The van der Waals surface area contributed by atoms with E-state index < -0.39 is 5.97 Å². The largest absolute Gasteiger partial charge is 0.478 e. The zero-order chi connectivity index (χ0) is 15.1. The first-order chi connectivity index (χ1) is 9.52. The summed E-state index contributed by atoms with van der Waals surface area (Å²) in [5.74, 6) is -0.921. The van der Waals surface area contributed by atoms with Gasteiger partial charge in [-0.15, -0.1) is 0 Å². The summed E-state index contributed by atoms with van der Waals surface area (Å²) in [4.78, 5) is 13.5. The number of carboxylic acids is 1. The number of nitrogens with zero attached hydrogens (tertiary/aromatic N) is 1. The van der Waals surface area contributed by atoms with Crippen LogP contribution in [0, 0.1) is 6.92 Å². The molecule has 0 spiro atoms. The number of hydrogen-bond donors (Lipinski definition) is 1. The predicted molar refractivity (Wildman–Crippen MR) is 78.7 cm³/mol. The van der Waals surface area contributed by atoms with Crippen molar-refractivity contribution in [2.45, 2.75) is 19.9 Å². The van der Waals surface area contributed by atoms with Gasteiger partial charge in [-0.3, -0.25) is 0 Å². The third kappa shape index (κ3) is 3.95. The minimum Gasteiger partial charge on any atom is -0.478 e. The molecule has 1 N–H and O–H groups in total. The molecule has 0 bridgehead atoms. The lowest BCUT2D eigenvalue weighted by atomic mass is 10.0. The van der Waals surface area contributed by atoms with Gasteiger partial charge in [-0.25, -0.2) is 4.79 Å². The molecule has 1 atom stereocenters. The van der Waals surface area contributed by atoms with Crippen LogP contribution >= 0.6 is 0 Å². The molecule has 112 valence electrons. The summed E-state index contributed by atoms with van der Waals surface area (Å²) in [5.41, 5.74) is 1.98. The fourth-order valence-corrected chi connectivity index (χ4v) is 2.29. The molecule has 1 unspecified atom stereocenters. The van der Waals surface area contributed by atoms with Gasteiger partial charge < -0.3 is 19.5 Å². The Bertz CT molecular complexity index is 447. The number of carbonyl (C=O) groups is 1. The van der Waals surface area contributed by atoms with Crippen molar-refractivity contribution in [3.63, 3.8) is 0 Å². The lowest BCUT2D eigenvalue weighted by molar-refractivity contribution is 0.0697. The van der Waals surface area contributed by atoms with Gasteiger partial charge in [-0.05, 0) is 25.5 Å². The third-order valence-electron chi connectivity index (χ3n) is 3.23. The van der Waals surface area contributed by atoms with Crippen LogP contribution in [0.2, 0.25) is 0 Å². The monoisotopic (exact) mass is 281 g/mol. The highest BCUT2D eigenvalue weighted by Gasteiger charge is 2.22. The summed E-state index contributed by atoms with van der Waals surface area (Å²) in [6, 6.07) is 5.37. The van der Waals surface area contributed by atoms with Gasteiger partial charge >= 0.3 is 5.97 Å². The number of carboxylic acid groups (broad SMARTS) is 1. The van der Waals surface area contributed by atoms with Gasteiger partial charge in [0.1, 0.15) is 0 Å². The second-order valence-electron chi connectivity index (χ2n) is 4.77. The topological polar surface area (TPSA) is 59.0 Å². The van der Waals surface area contributed by atoms with Crippen LogP contribution < -0.4 is 4.90 Å². The number of ether oxygens (including phenoxy) is 2. The molecule has 0 saturated heterocycles. The Balaban J connectivity index is 3.21. The second kappa shape index (κ2) is 7.87. The van der Waals surface area contributed by atoms with Gasteiger partial charge in [0.15, 0.2) is 0 Å². The molecule has 20 heavy (non-hydrogen) atoms. The maximum Gasteiger partial charge on any atom is 0.337 e. The first kappa shape index (κ1) is 16.5. The van der Waals surface area contributed by atoms with Crippen molar-refractivity contribution >= 4 is 11.7 Å². The van der Waals surface area contributed by atoms with Crippen molar-refractivity contribution in [2.75, 3.05) is 38.9 Å². The van der Waals surface area contributed by atoms with Crippen LogP contribution in [-0.2, 0) is 9.47 Å². The van der Waals surface area contributed by atoms with Gasteiger partial charge in [0.25, 0.3) is 0 Å². The first-order valence-corrected chi connectivity index (χ1v) is 6.60. The van der Waals surface area contributed by atoms with Crippen LogP contribution in [0.3, 0.4) is 0 Å². The van der Waals surface area contributed by atoms with Crippen LogP contribution in [0.15, 0.2) is 18.2 Å². The summed E-state index contributed by atoms with van der Waals surface area (Å²) in [5, 5.41) is 9.39. The molecule has 0 amide bonds. The quantitative estimate of drug-likeness (QED) is 0.791. The van der Waals surface area contributed by atoms with Crippen LogP contribution in [0.25, 0.3) is 0 Å². The van der Waals surface area contributed by atoms with Crippen LogP contribution in [0.1, 0.15) is 22.8 Å². The van der Waals surface area contributed by atoms with Gasteiger partial charge in [0, 0.05) is 26.8 Å². The van der Waals surface area contributed by atoms with E-state index in [1.165, 1.54) is 0 Å². The standard InChI is InChI=1S/C15H23NO4/c1-11-6-5-7-13(15(17)18)14(11)16(8-9-19-3)12(2)10-20-4/h5-7,12H,8-10H2,1-4H3,(H,17,18). The lowest BCUT2D eigenvalue weighted by Crippen LogP contribution is -2.40. The number of hydrogen-bond acceptors (Lipinski definition) is 4. The average molecular weight is 281 g/mol. The van der Waals surface area contributed by atoms with E-state index in [-0.39, 0.29) is 6.04 Å². The van der Waals surface area contributed by atoms with Crippen LogP contribution in [0.5, 0.6) is 0 Å². The Morgan fingerprint density at radius 3 is 2.60 bits per heavy atom. The third-order valence-corrected chi connectivity index (χ3v) is 3.23. The molecule has 0 heterocycles. The summed E-state index contributed by atoms with van der Waals surface area (Å²) in [6.45, 7) is 5.60. The summed E-state index contributed by atoms with van der Waals surface area (Å²) < 4.78 is 10.3. The zero-order valence-corrected chi connectivity index (χ0v) is 12.5. The number of aryl methyl sites for hydroxylation is 1. The molecule has 1 aromatic rings. The number of aromatic carboxylic acids is 1. The molecule has 0 aromatic heterocycles. The van der Waals surface area contributed by atoms with Gasteiger partial charge in [-0.1, -0.05) is 12.1 Å². The molecular weight excluding hydrogens is 258 g/mol. The van der Waals surface area contributed by atoms with Crippen molar-refractivity contribution in [2.24, 2.45) is 0 Å². The maximum atomic E-state index is 11.4. The Hall–Kier alpha value is -1.59. The molecule has 5 nitrogen and oxygen atoms in total. The number of benzene rings is 1. The molecule has 0 saturated carbocycles. The number of anilines is 1. The highest BCUT2D eigenvalue weighted by Crippen LogP contribution is 2.27. The molecule has 0 aliphatic carbocycles. The van der Waals surface area contributed by atoms with Crippen LogP contribution in [0.4, 0.5) is 5.69 Å². The van der Waals surface area contributed by atoms with Crippen molar-refractivity contribution in [3.8, 4) is 0 Å². The number of para-hydroxylation sites is 1. The Labute approximate surface area is 120 Å². The van der Waals surface area contributed by atoms with E-state index in [2.05, 4.69) is 0 Å². The van der Waals surface area contributed by atoms with E-state index >= 15 is 0 Å². The van der Waals surface area contributed by atoms with Crippen molar-refractivity contribution in [1.29, 1.82) is 0 Å². The number of methoxy groups -OCH3 is 2. The highest BCUT2D eigenvalue weighted by atomic mass is 16.5. The molecule has 0 aliphatic rings. The molecule has 5 heteroatoms. The average Bonchev–Trinajstić information content (AvgIpc) is 2.40. The SMILES string of the molecule is COCCN(c1c(C)cccc1C(=O)O)C(C)COC. The smallest absolute Gasteiger partial charge is 0.337 e. The molecule has 0 radical (unpaired) electrons. The van der Waals surface area contributed by atoms with E-state index in [9.17, 15) is 9.90 Å². The molecule has 1 rings (SSSR count). The minimum atomic E-state index is -0.921. The Morgan fingerprint density at radius 2 is 2.05 bits per heavy atom. The molecular formula is C15H23NO4. The van der Waals surface area contributed by atoms with Crippen molar-refractivity contribution in [1.82, 2.24) is 0 Å². The van der Waals surface area contributed by atoms with Crippen molar-refractivity contribution in [3.05, 3.63) is 29.3 Å². The van der Waals surface area contributed by atoms with E-state index in [4.69, 9.17) is 9.47 Å². The summed E-state index contributed by atoms with van der Waals surface area (Å²) in [7, 11) is 3.27. The lowest BCUT2D eigenvalue weighted by Gasteiger charge is -2.33. The van der Waals surface area contributed by atoms with Gasteiger partial charge in [0.2, 0.25) is 0 Å². The van der Waals surface area contributed by atoms with Gasteiger partial charge in [-0.2, -0.15) is 0 Å². The van der Waals surface area contributed by atoms with E-state index in [0.717, 1.165) is 11.3 Å². The normalized spacial score (nSPS) is 12.2. The van der Waals surface area contributed by atoms with Gasteiger partial charge in [0.05, 0.1) is 24.5 Å². The van der Waals surface area contributed by atoms with E-state index in [1.807, 2.05) is 24.8 Å². The maximum absolute atomic E-state index is 11.4. The molecule has 1 aromatic carbocycles. The number of rotatable bonds is 8. The highest BCUT2D eigenvalue weighted by molar-refractivity contribution is 5.95. The fraction of sp³-hybridized carbons (Fsp3) is 0.533. The second-order valence-corrected chi connectivity index (χ2v) is 4.77. The fourth-order valence-electron chi connectivity index (χ4n) is 2.29. The van der Waals surface area contributed by atoms with E-state index in [1.54, 1.807) is 26.4 Å². The van der Waals surface area contributed by atoms with Crippen molar-refractivity contribution < 1.29 is 19.4 Å². The Morgan fingerprint density at radius 1 is 1.35 bits per heavy atom.